The van der Waals surface area contributed by atoms with Crippen molar-refractivity contribution in [3.05, 3.63) is 29.3 Å². The highest BCUT2D eigenvalue weighted by molar-refractivity contribution is 5.98. The Kier molecular flexibility index (Phi) is 2.90. The van der Waals surface area contributed by atoms with Gasteiger partial charge in [-0.3, -0.25) is 4.79 Å². The molecule has 19 heavy (non-hydrogen) atoms. The van der Waals surface area contributed by atoms with Crippen LogP contribution in [0.15, 0.2) is 18.2 Å². The molecule has 2 fully saturated rings. The van der Waals surface area contributed by atoms with Crippen LogP contribution in [0.25, 0.3) is 0 Å². The predicted octanol–water partition coefficient (Wildman–Crippen LogP) is 2.41. The van der Waals surface area contributed by atoms with Gasteiger partial charge in [0.05, 0.1) is 6.04 Å². The molecule has 1 spiro atoms. The Hall–Kier alpha value is -1.35. The monoisotopic (exact) mass is 258 g/mol. The van der Waals surface area contributed by atoms with E-state index in [0.717, 1.165) is 18.8 Å². The highest BCUT2D eigenvalue weighted by Gasteiger charge is 2.47. The third-order valence-electron chi connectivity index (χ3n) is 4.53. The van der Waals surface area contributed by atoms with Gasteiger partial charge in [-0.05, 0) is 50.8 Å². The second-order valence-electron chi connectivity index (χ2n) is 6.32. The number of anilines is 1. The van der Waals surface area contributed by atoms with Crippen molar-refractivity contribution < 1.29 is 4.79 Å². The van der Waals surface area contributed by atoms with Gasteiger partial charge in [-0.25, -0.2) is 0 Å². The smallest absolute Gasteiger partial charge is 0.243 e. The maximum Gasteiger partial charge on any atom is 0.243 e. The maximum atomic E-state index is 12.6. The van der Waals surface area contributed by atoms with Gasteiger partial charge in [-0.15, -0.1) is 0 Å². The Labute approximate surface area is 115 Å². The summed E-state index contributed by atoms with van der Waals surface area (Å²) in [5.41, 5.74) is 3.81. The maximum absolute atomic E-state index is 12.6. The molecule has 2 aliphatic rings. The number of carbonyl (C=O) groups excluding carboxylic acids is 1. The summed E-state index contributed by atoms with van der Waals surface area (Å²) in [4.78, 5) is 14.6. The average molecular weight is 258 g/mol. The van der Waals surface area contributed by atoms with Gasteiger partial charge in [0.2, 0.25) is 5.91 Å². The fraction of sp³-hybridized carbons (Fsp3) is 0.562. The molecule has 1 aliphatic carbocycles. The average Bonchev–Trinajstić information content (AvgIpc) is 3.17. The fourth-order valence-electron chi connectivity index (χ4n) is 2.89. The van der Waals surface area contributed by atoms with E-state index in [1.807, 2.05) is 11.8 Å². The molecular formula is C16H22N2O. The minimum absolute atomic E-state index is 0.0834. The van der Waals surface area contributed by atoms with Crippen LogP contribution in [0.2, 0.25) is 0 Å². The van der Waals surface area contributed by atoms with Crippen LogP contribution >= 0.6 is 0 Å². The molecule has 1 N–H and O–H groups in total. The molecule has 1 atom stereocenters. The minimum Gasteiger partial charge on any atom is -0.310 e. The number of hydrogen-bond acceptors (Lipinski definition) is 2. The van der Waals surface area contributed by atoms with Gasteiger partial charge in [0.25, 0.3) is 0 Å². The van der Waals surface area contributed by atoms with E-state index < -0.39 is 0 Å². The summed E-state index contributed by atoms with van der Waals surface area (Å²) >= 11 is 0. The molecule has 1 saturated heterocycles. The van der Waals surface area contributed by atoms with Gasteiger partial charge in [0.1, 0.15) is 0 Å². The molecule has 1 aromatic rings. The number of hydrogen-bond donors (Lipinski definition) is 1. The fourth-order valence-corrected chi connectivity index (χ4v) is 2.89. The summed E-state index contributed by atoms with van der Waals surface area (Å²) in [5.74, 6) is 0.206. The number of rotatable bonds is 1. The van der Waals surface area contributed by atoms with Crippen molar-refractivity contribution in [2.75, 3.05) is 18.0 Å². The summed E-state index contributed by atoms with van der Waals surface area (Å²) in [5, 5.41) is 3.39. The van der Waals surface area contributed by atoms with Gasteiger partial charge in [0, 0.05) is 24.2 Å². The van der Waals surface area contributed by atoms with Crippen LogP contribution < -0.4 is 10.2 Å². The van der Waals surface area contributed by atoms with E-state index in [9.17, 15) is 4.79 Å². The second-order valence-corrected chi connectivity index (χ2v) is 6.32. The molecule has 1 heterocycles. The lowest BCUT2D eigenvalue weighted by atomic mass is 10.0. The zero-order valence-corrected chi connectivity index (χ0v) is 12.0. The van der Waals surface area contributed by atoms with Crippen LogP contribution in [0, 0.1) is 19.3 Å². The topological polar surface area (TPSA) is 32.3 Å². The molecule has 1 amide bonds. The first kappa shape index (κ1) is 12.7. The third-order valence-corrected chi connectivity index (χ3v) is 4.53. The highest BCUT2D eigenvalue weighted by atomic mass is 16.2. The van der Waals surface area contributed by atoms with Crippen molar-refractivity contribution in [3.8, 4) is 0 Å². The number of amides is 1. The van der Waals surface area contributed by atoms with Crippen LogP contribution in [0.1, 0.15) is 30.9 Å². The zero-order chi connectivity index (χ0) is 13.6. The van der Waals surface area contributed by atoms with E-state index >= 15 is 0 Å². The molecule has 0 aromatic heterocycles. The molecule has 1 aliphatic heterocycles. The first-order chi connectivity index (χ1) is 9.01. The molecule has 3 nitrogen and oxygen atoms in total. The molecule has 0 radical (unpaired) electrons. The number of carbonyl (C=O) groups is 1. The summed E-state index contributed by atoms with van der Waals surface area (Å²) in [7, 11) is 0. The lowest BCUT2D eigenvalue weighted by molar-refractivity contribution is -0.119. The Morgan fingerprint density at radius 2 is 2.05 bits per heavy atom. The Morgan fingerprint density at radius 1 is 1.32 bits per heavy atom. The van der Waals surface area contributed by atoms with E-state index in [-0.39, 0.29) is 11.9 Å². The van der Waals surface area contributed by atoms with E-state index in [1.54, 1.807) is 0 Å². The van der Waals surface area contributed by atoms with Gasteiger partial charge in [-0.2, -0.15) is 0 Å². The van der Waals surface area contributed by atoms with Crippen molar-refractivity contribution >= 4 is 11.6 Å². The lowest BCUT2D eigenvalue weighted by Gasteiger charge is -2.27. The minimum atomic E-state index is -0.0834. The quantitative estimate of drug-likeness (QED) is 0.839. The van der Waals surface area contributed by atoms with Crippen LogP contribution in [-0.4, -0.2) is 25.0 Å². The normalized spacial score (nSPS) is 25.5. The SMILES string of the molecule is Cc1ccc(C)c(N2CC3(CC3)CNC(C)C2=O)c1. The first-order valence-corrected chi connectivity index (χ1v) is 7.13. The Morgan fingerprint density at radius 3 is 2.74 bits per heavy atom. The van der Waals surface area contributed by atoms with E-state index in [4.69, 9.17) is 0 Å². The van der Waals surface area contributed by atoms with Crippen molar-refractivity contribution in [3.63, 3.8) is 0 Å². The second kappa shape index (κ2) is 4.34. The first-order valence-electron chi connectivity index (χ1n) is 7.13. The molecular weight excluding hydrogens is 236 g/mol. The third kappa shape index (κ3) is 2.27. The number of aryl methyl sites for hydroxylation is 2. The van der Waals surface area contributed by atoms with Crippen LogP contribution in [0.5, 0.6) is 0 Å². The van der Waals surface area contributed by atoms with Gasteiger partial charge >= 0.3 is 0 Å². The van der Waals surface area contributed by atoms with Crippen molar-refractivity contribution in [1.29, 1.82) is 0 Å². The summed E-state index contributed by atoms with van der Waals surface area (Å²) in [6.07, 6.45) is 2.47. The van der Waals surface area contributed by atoms with Crippen molar-refractivity contribution in [1.82, 2.24) is 5.32 Å². The molecule has 102 valence electrons. The molecule has 3 heteroatoms. The van der Waals surface area contributed by atoms with Gasteiger partial charge < -0.3 is 10.2 Å². The molecule has 1 saturated carbocycles. The van der Waals surface area contributed by atoms with Crippen molar-refractivity contribution in [2.24, 2.45) is 5.41 Å². The van der Waals surface area contributed by atoms with E-state index in [1.165, 1.54) is 24.0 Å². The van der Waals surface area contributed by atoms with Crippen LogP contribution in [0.4, 0.5) is 5.69 Å². The van der Waals surface area contributed by atoms with Crippen LogP contribution in [-0.2, 0) is 4.79 Å². The number of nitrogens with one attached hydrogen (secondary N) is 1. The summed E-state index contributed by atoms with van der Waals surface area (Å²) in [6, 6.07) is 6.28. The zero-order valence-electron chi connectivity index (χ0n) is 12.0. The number of nitrogens with zero attached hydrogens (tertiary/aromatic N) is 1. The molecule has 3 rings (SSSR count). The predicted molar refractivity (Wildman–Crippen MR) is 77.4 cm³/mol. The highest BCUT2D eigenvalue weighted by Crippen LogP contribution is 2.47. The van der Waals surface area contributed by atoms with E-state index in [0.29, 0.717) is 5.41 Å². The van der Waals surface area contributed by atoms with Gasteiger partial charge in [-0.1, -0.05) is 12.1 Å². The molecule has 1 aromatic carbocycles. The Bertz CT molecular complexity index is 519. The van der Waals surface area contributed by atoms with Crippen LogP contribution in [0.3, 0.4) is 0 Å². The summed E-state index contributed by atoms with van der Waals surface area (Å²) < 4.78 is 0. The molecule has 0 bridgehead atoms. The standard InChI is InChI=1S/C16H22N2O/c1-11-4-5-12(2)14(8-11)18-10-16(6-7-16)9-17-13(3)15(18)19/h4-5,8,13,17H,6-7,9-10H2,1-3H3. The summed E-state index contributed by atoms with van der Waals surface area (Å²) in [6.45, 7) is 7.99. The van der Waals surface area contributed by atoms with E-state index in [2.05, 4.69) is 37.4 Å². The van der Waals surface area contributed by atoms with Crippen molar-refractivity contribution in [2.45, 2.75) is 39.7 Å². The number of benzene rings is 1. The Balaban J connectivity index is 2.00. The largest absolute Gasteiger partial charge is 0.310 e. The van der Waals surface area contributed by atoms with Gasteiger partial charge in [0.15, 0.2) is 0 Å². The molecule has 1 unspecified atom stereocenters. The lowest BCUT2D eigenvalue weighted by Crippen LogP contribution is -2.42.